The summed E-state index contributed by atoms with van der Waals surface area (Å²) in [6.07, 6.45) is 2.84. The smallest absolute Gasteiger partial charge is 0.302 e. The maximum absolute atomic E-state index is 10.8. The van der Waals surface area contributed by atoms with E-state index in [1.807, 2.05) is 24.3 Å². The van der Waals surface area contributed by atoms with Crippen LogP contribution in [0.5, 0.6) is 0 Å². The monoisotopic (exact) mass is 278 g/mol. The van der Waals surface area contributed by atoms with Crippen LogP contribution in [0.4, 0.5) is 0 Å². The number of nitrogens with one attached hydrogen (secondary N) is 2. The number of carbonyl (C=O) groups is 2. The summed E-state index contributed by atoms with van der Waals surface area (Å²) in [6, 6.07) is 7.58. The second kappa shape index (κ2) is 8.84. The van der Waals surface area contributed by atoms with Gasteiger partial charge in [0.15, 0.2) is 0 Å². The summed E-state index contributed by atoms with van der Waals surface area (Å²) < 4.78 is 4.80. The lowest BCUT2D eigenvalue weighted by Gasteiger charge is -2.05. The third kappa shape index (κ3) is 6.67. The van der Waals surface area contributed by atoms with Crippen LogP contribution in [0.1, 0.15) is 18.1 Å². The molecule has 1 aromatic rings. The van der Waals surface area contributed by atoms with Gasteiger partial charge in [0.1, 0.15) is 6.61 Å². The molecule has 0 aliphatic carbocycles. The lowest BCUT2D eigenvalue weighted by atomic mass is 10.1. The quantitative estimate of drug-likeness (QED) is 0.226. The van der Waals surface area contributed by atoms with E-state index in [0.717, 1.165) is 11.1 Å². The minimum atomic E-state index is -0.568. The molecule has 3 N–H and O–H groups in total. The standard InChI is InChI=1S/C14H18N2O4/c1-11(17)20-9-8-15-10-13-4-2-12(3-5-13)6-7-14(18)16-19/h2-7,15,19H,8-10H2,1H3,(H,16,18)/b7-6+. The average Bonchev–Trinajstić information content (AvgIpc) is 2.45. The van der Waals surface area contributed by atoms with Crippen molar-refractivity contribution in [1.82, 2.24) is 10.8 Å². The number of rotatable bonds is 7. The highest BCUT2D eigenvalue weighted by Gasteiger charge is 1.95. The van der Waals surface area contributed by atoms with Crippen molar-refractivity contribution >= 4 is 18.0 Å². The lowest BCUT2D eigenvalue weighted by Crippen LogP contribution is -2.20. The maximum Gasteiger partial charge on any atom is 0.302 e. The van der Waals surface area contributed by atoms with Crippen molar-refractivity contribution in [1.29, 1.82) is 0 Å². The number of hydrogen-bond acceptors (Lipinski definition) is 5. The van der Waals surface area contributed by atoms with Gasteiger partial charge in [0.25, 0.3) is 5.91 Å². The van der Waals surface area contributed by atoms with Crippen molar-refractivity contribution in [2.45, 2.75) is 13.5 Å². The third-order valence-corrected chi connectivity index (χ3v) is 2.43. The zero-order valence-electron chi connectivity index (χ0n) is 11.3. The van der Waals surface area contributed by atoms with Gasteiger partial charge in [0, 0.05) is 26.1 Å². The molecule has 1 rings (SSSR count). The Morgan fingerprint density at radius 2 is 2.00 bits per heavy atom. The molecule has 20 heavy (non-hydrogen) atoms. The summed E-state index contributed by atoms with van der Waals surface area (Å²) in [5.41, 5.74) is 3.46. The molecule has 1 amide bonds. The fourth-order valence-corrected chi connectivity index (χ4v) is 1.46. The highest BCUT2D eigenvalue weighted by molar-refractivity contribution is 5.90. The molecule has 6 nitrogen and oxygen atoms in total. The Balaban J connectivity index is 2.33. The van der Waals surface area contributed by atoms with Crippen LogP contribution in [-0.4, -0.2) is 30.2 Å². The first-order chi connectivity index (χ1) is 9.61. The van der Waals surface area contributed by atoms with E-state index in [2.05, 4.69) is 5.32 Å². The van der Waals surface area contributed by atoms with Crippen LogP contribution >= 0.6 is 0 Å². The van der Waals surface area contributed by atoms with E-state index in [4.69, 9.17) is 9.94 Å². The zero-order chi connectivity index (χ0) is 14.8. The predicted molar refractivity (Wildman–Crippen MR) is 73.7 cm³/mol. The highest BCUT2D eigenvalue weighted by atomic mass is 16.5. The first kappa shape index (κ1) is 15.9. The largest absolute Gasteiger partial charge is 0.465 e. The van der Waals surface area contributed by atoms with E-state index in [1.165, 1.54) is 18.5 Å². The minimum Gasteiger partial charge on any atom is -0.465 e. The van der Waals surface area contributed by atoms with Crippen LogP contribution in [0.15, 0.2) is 30.3 Å². The molecule has 0 saturated heterocycles. The molecular formula is C14H18N2O4. The van der Waals surface area contributed by atoms with Gasteiger partial charge in [0.2, 0.25) is 0 Å². The van der Waals surface area contributed by atoms with Gasteiger partial charge in [-0.2, -0.15) is 0 Å². The number of benzene rings is 1. The van der Waals surface area contributed by atoms with Crippen molar-refractivity contribution in [3.63, 3.8) is 0 Å². The van der Waals surface area contributed by atoms with Gasteiger partial charge in [-0.05, 0) is 17.2 Å². The number of ether oxygens (including phenoxy) is 1. The van der Waals surface area contributed by atoms with E-state index in [-0.39, 0.29) is 5.97 Å². The second-order valence-corrected chi connectivity index (χ2v) is 4.07. The van der Waals surface area contributed by atoms with E-state index in [0.29, 0.717) is 19.7 Å². The van der Waals surface area contributed by atoms with Crippen molar-refractivity contribution in [3.8, 4) is 0 Å². The topological polar surface area (TPSA) is 87.7 Å². The normalized spacial score (nSPS) is 10.5. The Morgan fingerprint density at radius 3 is 2.60 bits per heavy atom. The molecule has 0 saturated carbocycles. The summed E-state index contributed by atoms with van der Waals surface area (Å²) in [4.78, 5) is 21.4. The zero-order valence-corrected chi connectivity index (χ0v) is 11.3. The van der Waals surface area contributed by atoms with E-state index in [9.17, 15) is 9.59 Å². The molecule has 0 heterocycles. The van der Waals surface area contributed by atoms with Crippen molar-refractivity contribution in [2.75, 3.05) is 13.2 Å². The molecular weight excluding hydrogens is 260 g/mol. The van der Waals surface area contributed by atoms with Crippen molar-refractivity contribution in [2.24, 2.45) is 0 Å². The van der Waals surface area contributed by atoms with Gasteiger partial charge in [-0.15, -0.1) is 0 Å². The van der Waals surface area contributed by atoms with Gasteiger partial charge in [-0.25, -0.2) is 5.48 Å². The second-order valence-electron chi connectivity index (χ2n) is 4.07. The van der Waals surface area contributed by atoms with Gasteiger partial charge < -0.3 is 10.1 Å². The Hall–Kier alpha value is -2.18. The molecule has 0 fully saturated rings. The van der Waals surface area contributed by atoms with Crippen LogP contribution in [0.25, 0.3) is 6.08 Å². The van der Waals surface area contributed by atoms with Crippen molar-refractivity contribution < 1.29 is 19.5 Å². The van der Waals surface area contributed by atoms with E-state index in [1.54, 1.807) is 6.08 Å². The number of amides is 1. The molecule has 0 bridgehead atoms. The van der Waals surface area contributed by atoms with Gasteiger partial charge in [-0.3, -0.25) is 14.8 Å². The highest BCUT2D eigenvalue weighted by Crippen LogP contribution is 2.06. The molecule has 0 aliphatic heterocycles. The third-order valence-electron chi connectivity index (χ3n) is 2.43. The Bertz CT molecular complexity index is 469. The lowest BCUT2D eigenvalue weighted by molar-refractivity contribution is -0.140. The summed E-state index contributed by atoms with van der Waals surface area (Å²) in [6.45, 7) is 3.00. The number of hydroxylamine groups is 1. The first-order valence-electron chi connectivity index (χ1n) is 6.17. The average molecular weight is 278 g/mol. The summed E-state index contributed by atoms with van der Waals surface area (Å²) in [7, 11) is 0. The molecule has 0 aliphatic rings. The summed E-state index contributed by atoms with van der Waals surface area (Å²) >= 11 is 0. The minimum absolute atomic E-state index is 0.283. The van der Waals surface area contributed by atoms with E-state index >= 15 is 0 Å². The SMILES string of the molecule is CC(=O)OCCNCc1ccc(/C=C/C(=O)NO)cc1. The van der Waals surface area contributed by atoms with Crippen LogP contribution in [0.3, 0.4) is 0 Å². The van der Waals surface area contributed by atoms with Crippen LogP contribution < -0.4 is 10.8 Å². The molecule has 0 atom stereocenters. The summed E-state index contributed by atoms with van der Waals surface area (Å²) in [5, 5.41) is 11.5. The first-order valence-corrected chi connectivity index (χ1v) is 6.17. The van der Waals surface area contributed by atoms with Gasteiger partial charge in [0.05, 0.1) is 0 Å². The fraction of sp³-hybridized carbons (Fsp3) is 0.286. The van der Waals surface area contributed by atoms with Crippen LogP contribution in [-0.2, 0) is 20.9 Å². The molecule has 6 heteroatoms. The maximum atomic E-state index is 10.8. The van der Waals surface area contributed by atoms with Crippen LogP contribution in [0.2, 0.25) is 0 Å². The fourth-order valence-electron chi connectivity index (χ4n) is 1.46. The van der Waals surface area contributed by atoms with Gasteiger partial charge >= 0.3 is 5.97 Å². The molecule has 0 radical (unpaired) electrons. The predicted octanol–water partition coefficient (Wildman–Crippen LogP) is 0.858. The Labute approximate surface area is 117 Å². The van der Waals surface area contributed by atoms with Gasteiger partial charge in [-0.1, -0.05) is 24.3 Å². The molecule has 0 unspecified atom stereocenters. The number of carbonyl (C=O) groups excluding carboxylic acids is 2. The number of esters is 1. The molecule has 108 valence electrons. The summed E-state index contributed by atoms with van der Waals surface area (Å²) in [5.74, 6) is -0.851. The molecule has 0 aromatic heterocycles. The molecule has 0 spiro atoms. The van der Waals surface area contributed by atoms with E-state index < -0.39 is 5.91 Å². The van der Waals surface area contributed by atoms with Crippen molar-refractivity contribution in [3.05, 3.63) is 41.5 Å². The number of hydrogen-bond donors (Lipinski definition) is 3. The Kier molecular flexibility index (Phi) is 7.02. The van der Waals surface area contributed by atoms with Crippen LogP contribution in [0, 0.1) is 0 Å². The molecule has 1 aromatic carbocycles. The Morgan fingerprint density at radius 1 is 1.30 bits per heavy atom.